The first-order valence-electron chi connectivity index (χ1n) is 8.69. The van der Waals surface area contributed by atoms with Gasteiger partial charge in [-0.2, -0.15) is 0 Å². The molecular formula is C20H24N4OS. The number of aromatic nitrogens is 4. The molecule has 26 heavy (non-hydrogen) atoms. The topological polar surface area (TPSA) is 52.7 Å². The van der Waals surface area contributed by atoms with Gasteiger partial charge < -0.3 is 9.13 Å². The molecule has 3 rings (SSSR count). The molecule has 0 bridgehead atoms. The standard InChI is InChI=1S/C20H24N4OS/c1-13(2)19-21-22-20(23(19)5)26-12-18(25)17-11-14(3)24(15(17)4)16-9-7-6-8-10-16/h6-11,13H,12H2,1-5H3. The van der Waals surface area contributed by atoms with E-state index in [0.29, 0.717) is 11.7 Å². The van der Waals surface area contributed by atoms with Gasteiger partial charge >= 0.3 is 0 Å². The van der Waals surface area contributed by atoms with Crippen LogP contribution in [-0.2, 0) is 7.05 Å². The number of carbonyl (C=O) groups excluding carboxylic acids is 1. The molecular weight excluding hydrogens is 344 g/mol. The van der Waals surface area contributed by atoms with Crippen molar-refractivity contribution < 1.29 is 4.79 Å². The third-order valence-electron chi connectivity index (χ3n) is 4.46. The minimum Gasteiger partial charge on any atom is -0.318 e. The molecule has 0 unspecified atom stereocenters. The van der Waals surface area contributed by atoms with Crippen LogP contribution in [0.4, 0.5) is 0 Å². The Morgan fingerprint density at radius 3 is 2.46 bits per heavy atom. The summed E-state index contributed by atoms with van der Waals surface area (Å²) in [6.45, 7) is 8.20. The van der Waals surface area contributed by atoms with E-state index in [1.54, 1.807) is 0 Å². The number of rotatable bonds is 6. The van der Waals surface area contributed by atoms with Crippen molar-refractivity contribution in [2.75, 3.05) is 5.75 Å². The van der Waals surface area contributed by atoms with Gasteiger partial charge in [-0.25, -0.2) is 0 Å². The third-order valence-corrected chi connectivity index (χ3v) is 5.48. The van der Waals surface area contributed by atoms with E-state index < -0.39 is 0 Å². The first kappa shape index (κ1) is 18.5. The third kappa shape index (κ3) is 3.46. The zero-order chi connectivity index (χ0) is 18.8. The smallest absolute Gasteiger partial charge is 0.191 e. The second kappa shape index (κ2) is 7.50. The van der Waals surface area contributed by atoms with Crippen LogP contribution in [0.15, 0.2) is 41.6 Å². The largest absolute Gasteiger partial charge is 0.318 e. The lowest BCUT2D eigenvalue weighted by atomic mass is 10.2. The molecule has 0 aliphatic heterocycles. The summed E-state index contributed by atoms with van der Waals surface area (Å²) < 4.78 is 4.09. The summed E-state index contributed by atoms with van der Waals surface area (Å²) in [7, 11) is 1.95. The number of hydrogen-bond donors (Lipinski definition) is 0. The molecule has 0 aliphatic carbocycles. The van der Waals surface area contributed by atoms with Gasteiger partial charge in [-0.1, -0.05) is 43.8 Å². The van der Waals surface area contributed by atoms with E-state index in [0.717, 1.165) is 33.6 Å². The zero-order valence-corrected chi connectivity index (χ0v) is 16.7. The fraction of sp³-hybridized carbons (Fsp3) is 0.350. The summed E-state index contributed by atoms with van der Waals surface area (Å²) in [5.74, 6) is 1.70. The van der Waals surface area contributed by atoms with Crippen molar-refractivity contribution in [1.29, 1.82) is 0 Å². The molecule has 0 aliphatic rings. The van der Waals surface area contributed by atoms with Crippen LogP contribution in [0.25, 0.3) is 5.69 Å². The highest BCUT2D eigenvalue weighted by Crippen LogP contribution is 2.24. The van der Waals surface area contributed by atoms with Crippen LogP contribution in [0.2, 0.25) is 0 Å². The number of Topliss-reactive ketones (excluding diaryl/α,β-unsaturated/α-hetero) is 1. The van der Waals surface area contributed by atoms with Crippen LogP contribution in [-0.4, -0.2) is 30.9 Å². The number of para-hydroxylation sites is 1. The SMILES string of the molecule is Cc1cc(C(=O)CSc2nnc(C(C)C)n2C)c(C)n1-c1ccccc1. The van der Waals surface area contributed by atoms with E-state index in [1.165, 1.54) is 11.8 Å². The molecule has 0 fully saturated rings. The molecule has 0 saturated carbocycles. The first-order valence-corrected chi connectivity index (χ1v) is 9.68. The average molecular weight is 369 g/mol. The van der Waals surface area contributed by atoms with Crippen molar-refractivity contribution in [3.05, 3.63) is 59.2 Å². The van der Waals surface area contributed by atoms with E-state index in [2.05, 4.69) is 40.7 Å². The molecule has 3 aromatic rings. The fourth-order valence-corrected chi connectivity index (χ4v) is 3.98. The quantitative estimate of drug-likeness (QED) is 0.480. The van der Waals surface area contributed by atoms with Gasteiger partial charge in [0.25, 0.3) is 0 Å². The second-order valence-electron chi connectivity index (χ2n) is 6.72. The van der Waals surface area contributed by atoms with E-state index in [1.807, 2.05) is 49.7 Å². The molecule has 2 aromatic heterocycles. The number of nitrogens with zero attached hydrogens (tertiary/aromatic N) is 4. The highest BCUT2D eigenvalue weighted by atomic mass is 32.2. The Morgan fingerprint density at radius 2 is 1.85 bits per heavy atom. The fourth-order valence-electron chi connectivity index (χ4n) is 3.18. The molecule has 2 heterocycles. The van der Waals surface area contributed by atoms with Crippen LogP contribution in [0, 0.1) is 13.8 Å². The molecule has 0 N–H and O–H groups in total. The van der Waals surface area contributed by atoms with Crippen LogP contribution >= 0.6 is 11.8 Å². The van der Waals surface area contributed by atoms with Crippen molar-refractivity contribution in [2.45, 2.75) is 38.8 Å². The van der Waals surface area contributed by atoms with Gasteiger partial charge in [0.05, 0.1) is 5.75 Å². The van der Waals surface area contributed by atoms with Crippen LogP contribution < -0.4 is 0 Å². The summed E-state index contributed by atoms with van der Waals surface area (Å²) in [6.07, 6.45) is 0. The number of benzene rings is 1. The van der Waals surface area contributed by atoms with Crippen molar-refractivity contribution >= 4 is 17.5 Å². The minimum atomic E-state index is 0.111. The maximum Gasteiger partial charge on any atom is 0.191 e. The highest BCUT2D eigenvalue weighted by molar-refractivity contribution is 7.99. The Kier molecular flexibility index (Phi) is 5.32. The summed E-state index contributed by atoms with van der Waals surface area (Å²) in [4.78, 5) is 12.8. The van der Waals surface area contributed by atoms with Gasteiger partial charge in [0.15, 0.2) is 10.9 Å². The molecule has 0 amide bonds. The number of aryl methyl sites for hydroxylation is 1. The number of hydrogen-bond acceptors (Lipinski definition) is 4. The summed E-state index contributed by atoms with van der Waals surface area (Å²) in [6, 6.07) is 12.1. The Bertz CT molecular complexity index is 925. The summed E-state index contributed by atoms with van der Waals surface area (Å²) >= 11 is 1.44. The Labute approximate surface area is 158 Å². The predicted octanol–water partition coefficient (Wildman–Crippen LogP) is 4.32. The average Bonchev–Trinajstić information content (AvgIpc) is 3.13. The maximum absolute atomic E-state index is 12.8. The number of carbonyl (C=O) groups is 1. The summed E-state index contributed by atoms with van der Waals surface area (Å²) in [5, 5.41) is 9.21. The van der Waals surface area contributed by atoms with Crippen molar-refractivity contribution in [2.24, 2.45) is 7.05 Å². The molecule has 5 nitrogen and oxygen atoms in total. The van der Waals surface area contributed by atoms with Crippen molar-refractivity contribution in [3.8, 4) is 5.69 Å². The van der Waals surface area contributed by atoms with Gasteiger partial charge in [0.2, 0.25) is 0 Å². The van der Waals surface area contributed by atoms with Gasteiger partial charge in [-0.3, -0.25) is 4.79 Å². The van der Waals surface area contributed by atoms with Gasteiger partial charge in [0, 0.05) is 35.6 Å². The minimum absolute atomic E-state index is 0.111. The van der Waals surface area contributed by atoms with Crippen LogP contribution in [0.3, 0.4) is 0 Å². The van der Waals surface area contributed by atoms with E-state index >= 15 is 0 Å². The number of ketones is 1. The van der Waals surface area contributed by atoms with Gasteiger partial charge in [-0.05, 0) is 32.0 Å². The lowest BCUT2D eigenvalue weighted by Gasteiger charge is -2.09. The monoisotopic (exact) mass is 368 g/mol. The first-order chi connectivity index (χ1) is 12.4. The van der Waals surface area contributed by atoms with Crippen LogP contribution in [0.1, 0.15) is 47.3 Å². The van der Waals surface area contributed by atoms with E-state index in [-0.39, 0.29) is 5.78 Å². The normalized spacial score (nSPS) is 11.3. The van der Waals surface area contributed by atoms with Gasteiger partial charge in [0.1, 0.15) is 5.82 Å². The Balaban J connectivity index is 1.79. The number of thioether (sulfide) groups is 1. The van der Waals surface area contributed by atoms with E-state index in [4.69, 9.17) is 0 Å². The molecule has 0 saturated heterocycles. The lowest BCUT2D eigenvalue weighted by molar-refractivity contribution is 0.102. The Hall–Kier alpha value is -2.34. The summed E-state index contributed by atoms with van der Waals surface area (Å²) in [5.41, 5.74) is 3.87. The predicted molar refractivity (Wildman–Crippen MR) is 105 cm³/mol. The highest BCUT2D eigenvalue weighted by Gasteiger charge is 2.19. The van der Waals surface area contributed by atoms with Gasteiger partial charge in [-0.15, -0.1) is 10.2 Å². The van der Waals surface area contributed by atoms with E-state index in [9.17, 15) is 4.79 Å². The molecule has 0 atom stereocenters. The molecule has 0 spiro atoms. The van der Waals surface area contributed by atoms with Crippen molar-refractivity contribution in [3.63, 3.8) is 0 Å². The lowest BCUT2D eigenvalue weighted by Crippen LogP contribution is -2.07. The molecule has 1 aromatic carbocycles. The Morgan fingerprint density at radius 1 is 1.15 bits per heavy atom. The zero-order valence-electron chi connectivity index (χ0n) is 15.9. The van der Waals surface area contributed by atoms with Crippen molar-refractivity contribution in [1.82, 2.24) is 19.3 Å². The molecule has 136 valence electrons. The molecule has 6 heteroatoms. The second-order valence-corrected chi connectivity index (χ2v) is 7.66. The van der Waals surface area contributed by atoms with Crippen LogP contribution in [0.5, 0.6) is 0 Å². The molecule has 0 radical (unpaired) electrons. The maximum atomic E-state index is 12.8.